The standard InChI is InChI=1S/C19H29N5O5/c1-2-3-4-5-6-7-8-13(25)28-9-12-15(26)16(27)19(29-12)24-11-23-14-17(20)21-10-22-18(14)24/h10-12,15-16,19,26-27H,2-9H2,1H3,(H2,20,21,22). The Kier molecular flexibility index (Phi) is 7.34. The van der Waals surface area contributed by atoms with Gasteiger partial charge in [0.2, 0.25) is 0 Å². The van der Waals surface area contributed by atoms with Crippen LogP contribution in [-0.2, 0) is 14.3 Å². The van der Waals surface area contributed by atoms with Crippen LogP contribution < -0.4 is 5.73 Å². The Morgan fingerprint density at radius 2 is 1.93 bits per heavy atom. The molecular weight excluding hydrogens is 378 g/mol. The predicted octanol–water partition coefficient (Wildman–Crippen LogP) is 1.32. The summed E-state index contributed by atoms with van der Waals surface area (Å²) in [7, 11) is 0. The summed E-state index contributed by atoms with van der Waals surface area (Å²) in [5.74, 6) is -0.121. The van der Waals surface area contributed by atoms with E-state index in [1.54, 1.807) is 0 Å². The van der Waals surface area contributed by atoms with E-state index in [-0.39, 0.29) is 18.4 Å². The average Bonchev–Trinajstić information content (AvgIpc) is 3.26. The van der Waals surface area contributed by atoms with Gasteiger partial charge in [0.1, 0.15) is 36.8 Å². The lowest BCUT2D eigenvalue weighted by Crippen LogP contribution is -2.34. The van der Waals surface area contributed by atoms with Crippen molar-refractivity contribution in [3.63, 3.8) is 0 Å². The second kappa shape index (κ2) is 9.95. The maximum atomic E-state index is 11.9. The van der Waals surface area contributed by atoms with Gasteiger partial charge in [-0.05, 0) is 6.42 Å². The summed E-state index contributed by atoms with van der Waals surface area (Å²) in [4.78, 5) is 24.1. The summed E-state index contributed by atoms with van der Waals surface area (Å²) >= 11 is 0. The second-order valence-corrected chi connectivity index (χ2v) is 7.33. The van der Waals surface area contributed by atoms with Gasteiger partial charge in [-0.25, -0.2) is 15.0 Å². The Morgan fingerprint density at radius 1 is 1.17 bits per heavy atom. The van der Waals surface area contributed by atoms with Crippen molar-refractivity contribution in [2.24, 2.45) is 0 Å². The van der Waals surface area contributed by atoms with Gasteiger partial charge in [-0.15, -0.1) is 0 Å². The van der Waals surface area contributed by atoms with Crippen LogP contribution in [0.25, 0.3) is 11.2 Å². The molecule has 1 aliphatic heterocycles. The molecule has 0 spiro atoms. The third-order valence-corrected chi connectivity index (χ3v) is 5.14. The van der Waals surface area contributed by atoms with Gasteiger partial charge in [-0.1, -0.05) is 39.0 Å². The Labute approximate surface area is 169 Å². The van der Waals surface area contributed by atoms with Crippen LogP contribution in [0.5, 0.6) is 0 Å². The van der Waals surface area contributed by atoms with Gasteiger partial charge in [0.05, 0.1) is 6.33 Å². The number of ether oxygens (including phenoxy) is 2. The lowest BCUT2D eigenvalue weighted by atomic mass is 10.1. The van der Waals surface area contributed by atoms with E-state index in [0.717, 1.165) is 19.3 Å². The van der Waals surface area contributed by atoms with Gasteiger partial charge >= 0.3 is 5.97 Å². The molecule has 0 aromatic carbocycles. The molecule has 160 valence electrons. The number of hydrogen-bond donors (Lipinski definition) is 3. The molecule has 0 radical (unpaired) electrons. The number of carbonyl (C=O) groups excluding carboxylic acids is 1. The van der Waals surface area contributed by atoms with Gasteiger partial charge in [0.25, 0.3) is 0 Å². The first kappa shape index (κ1) is 21.4. The van der Waals surface area contributed by atoms with Crippen molar-refractivity contribution in [1.82, 2.24) is 19.5 Å². The van der Waals surface area contributed by atoms with Crippen LogP contribution in [0.2, 0.25) is 0 Å². The zero-order valence-electron chi connectivity index (χ0n) is 16.6. The number of nitrogen functional groups attached to an aromatic ring is 1. The summed E-state index contributed by atoms with van der Waals surface area (Å²) in [6.07, 6.45) is 5.32. The minimum Gasteiger partial charge on any atom is -0.463 e. The molecule has 4 N–H and O–H groups in total. The normalized spacial score (nSPS) is 24.2. The molecule has 3 heterocycles. The topological polar surface area (TPSA) is 146 Å². The van der Waals surface area contributed by atoms with E-state index in [9.17, 15) is 15.0 Å². The molecule has 4 unspecified atom stereocenters. The number of unbranched alkanes of at least 4 members (excludes halogenated alkanes) is 5. The fourth-order valence-corrected chi connectivity index (χ4v) is 3.45. The minimum absolute atomic E-state index is 0.132. The number of hydrogen-bond acceptors (Lipinski definition) is 9. The molecule has 0 saturated carbocycles. The average molecular weight is 407 g/mol. The van der Waals surface area contributed by atoms with Crippen LogP contribution in [0.15, 0.2) is 12.7 Å². The van der Waals surface area contributed by atoms with Crippen LogP contribution in [-0.4, -0.2) is 60.6 Å². The zero-order chi connectivity index (χ0) is 20.8. The number of esters is 1. The van der Waals surface area contributed by atoms with E-state index in [4.69, 9.17) is 15.2 Å². The molecule has 1 fully saturated rings. The first-order valence-electron chi connectivity index (χ1n) is 10.1. The highest BCUT2D eigenvalue weighted by molar-refractivity contribution is 5.81. The molecule has 0 bridgehead atoms. The van der Waals surface area contributed by atoms with Gasteiger partial charge in [0.15, 0.2) is 17.7 Å². The van der Waals surface area contributed by atoms with Crippen LogP contribution in [0.4, 0.5) is 5.82 Å². The highest BCUT2D eigenvalue weighted by atomic mass is 16.6. The molecule has 29 heavy (non-hydrogen) atoms. The summed E-state index contributed by atoms with van der Waals surface area (Å²) in [5.41, 5.74) is 6.54. The number of aliphatic hydroxyl groups is 2. The van der Waals surface area contributed by atoms with E-state index in [1.165, 1.54) is 36.5 Å². The zero-order valence-corrected chi connectivity index (χ0v) is 16.6. The van der Waals surface area contributed by atoms with Crippen LogP contribution in [0, 0.1) is 0 Å². The summed E-state index contributed by atoms with van der Waals surface area (Å²) in [6, 6.07) is 0. The number of aliphatic hydroxyl groups excluding tert-OH is 2. The predicted molar refractivity (Wildman–Crippen MR) is 105 cm³/mol. The third kappa shape index (κ3) is 5.01. The maximum absolute atomic E-state index is 11.9. The van der Waals surface area contributed by atoms with Crippen molar-refractivity contribution >= 4 is 23.0 Å². The lowest BCUT2D eigenvalue weighted by Gasteiger charge is -2.16. The molecule has 3 rings (SSSR count). The number of anilines is 1. The molecule has 1 saturated heterocycles. The molecular formula is C19H29N5O5. The number of carbonyl (C=O) groups is 1. The van der Waals surface area contributed by atoms with Crippen molar-refractivity contribution in [1.29, 1.82) is 0 Å². The maximum Gasteiger partial charge on any atom is 0.305 e. The van der Waals surface area contributed by atoms with Gasteiger partial charge < -0.3 is 25.4 Å². The Bertz CT molecular complexity index is 813. The van der Waals surface area contributed by atoms with Gasteiger partial charge in [0, 0.05) is 6.42 Å². The SMILES string of the molecule is CCCCCCCCC(=O)OCC1OC(n2cnc3c(N)ncnc32)C(O)C1O. The first-order chi connectivity index (χ1) is 14.0. The van der Waals surface area contributed by atoms with Crippen molar-refractivity contribution in [2.45, 2.75) is 76.4 Å². The highest BCUT2D eigenvalue weighted by Crippen LogP contribution is 2.32. The van der Waals surface area contributed by atoms with Crippen molar-refractivity contribution < 1.29 is 24.5 Å². The molecule has 10 nitrogen and oxygen atoms in total. The van der Waals surface area contributed by atoms with Crippen molar-refractivity contribution in [2.75, 3.05) is 12.3 Å². The highest BCUT2D eigenvalue weighted by Gasteiger charge is 2.44. The molecule has 10 heteroatoms. The van der Waals surface area contributed by atoms with Gasteiger partial charge in [-0.3, -0.25) is 9.36 Å². The quantitative estimate of drug-likeness (QED) is 0.392. The van der Waals surface area contributed by atoms with Crippen LogP contribution in [0.1, 0.15) is 58.1 Å². The van der Waals surface area contributed by atoms with E-state index in [1.807, 2.05) is 0 Å². The summed E-state index contributed by atoms with van der Waals surface area (Å²) < 4.78 is 12.5. The Balaban J connectivity index is 1.50. The first-order valence-corrected chi connectivity index (χ1v) is 10.1. The summed E-state index contributed by atoms with van der Waals surface area (Å²) in [5, 5.41) is 20.7. The molecule has 0 aliphatic carbocycles. The lowest BCUT2D eigenvalue weighted by molar-refractivity contribution is -0.150. The number of imidazole rings is 1. The fraction of sp³-hybridized carbons (Fsp3) is 0.684. The van der Waals surface area contributed by atoms with Crippen molar-refractivity contribution in [3.05, 3.63) is 12.7 Å². The molecule has 1 aliphatic rings. The fourth-order valence-electron chi connectivity index (χ4n) is 3.45. The Hall–Kier alpha value is -2.30. The monoisotopic (exact) mass is 407 g/mol. The number of nitrogens with zero attached hydrogens (tertiary/aromatic N) is 4. The number of rotatable bonds is 10. The number of fused-ring (bicyclic) bond motifs is 1. The smallest absolute Gasteiger partial charge is 0.305 e. The molecule has 2 aromatic rings. The Morgan fingerprint density at radius 3 is 2.72 bits per heavy atom. The van der Waals surface area contributed by atoms with E-state index >= 15 is 0 Å². The van der Waals surface area contributed by atoms with E-state index in [0.29, 0.717) is 17.6 Å². The van der Waals surface area contributed by atoms with Gasteiger partial charge in [-0.2, -0.15) is 0 Å². The number of aromatic nitrogens is 4. The van der Waals surface area contributed by atoms with E-state index in [2.05, 4.69) is 21.9 Å². The summed E-state index contributed by atoms with van der Waals surface area (Å²) in [6.45, 7) is 2.03. The minimum atomic E-state index is -1.23. The number of nitrogens with two attached hydrogens (primary N) is 1. The second-order valence-electron chi connectivity index (χ2n) is 7.33. The van der Waals surface area contributed by atoms with Crippen LogP contribution >= 0.6 is 0 Å². The molecule has 2 aromatic heterocycles. The van der Waals surface area contributed by atoms with Crippen molar-refractivity contribution in [3.8, 4) is 0 Å². The molecule has 0 amide bonds. The van der Waals surface area contributed by atoms with Crippen LogP contribution in [0.3, 0.4) is 0 Å². The largest absolute Gasteiger partial charge is 0.463 e. The molecule has 4 atom stereocenters. The third-order valence-electron chi connectivity index (χ3n) is 5.14. The van der Waals surface area contributed by atoms with E-state index < -0.39 is 24.5 Å².